The lowest BCUT2D eigenvalue weighted by Gasteiger charge is -2.33. The summed E-state index contributed by atoms with van der Waals surface area (Å²) in [5, 5.41) is 3.83. The third kappa shape index (κ3) is 4.39. The summed E-state index contributed by atoms with van der Waals surface area (Å²) < 4.78 is 45.7. The fraction of sp³-hybridized carbons (Fsp3) is 0.300. The molecule has 0 amide bonds. The predicted molar refractivity (Wildman–Crippen MR) is 110 cm³/mol. The van der Waals surface area contributed by atoms with Crippen LogP contribution in [0.25, 0.3) is 11.4 Å². The van der Waals surface area contributed by atoms with Crippen LogP contribution in [0.4, 0.5) is 4.39 Å². The molecular weight excluding hydrogens is 431 g/mol. The Morgan fingerprint density at radius 2 is 1.90 bits per heavy atom. The summed E-state index contributed by atoms with van der Waals surface area (Å²) >= 11 is 5.74. The molecule has 10 heteroatoms. The van der Waals surface area contributed by atoms with Gasteiger partial charge in [0.2, 0.25) is 21.7 Å². The maximum atomic E-state index is 13.4. The lowest BCUT2D eigenvalue weighted by molar-refractivity contribution is 0.163. The number of rotatable bonds is 5. The zero-order chi connectivity index (χ0) is 21.3. The van der Waals surface area contributed by atoms with E-state index < -0.39 is 15.8 Å². The van der Waals surface area contributed by atoms with Gasteiger partial charge in [-0.05, 0) is 31.2 Å². The molecule has 4 rings (SSSR count). The van der Waals surface area contributed by atoms with E-state index in [1.807, 2.05) is 31.2 Å². The second-order valence-electron chi connectivity index (χ2n) is 7.14. The lowest BCUT2D eigenvalue weighted by Crippen LogP contribution is -2.48. The van der Waals surface area contributed by atoms with Crippen LogP contribution < -0.4 is 0 Å². The Balaban J connectivity index is 1.38. The fourth-order valence-electron chi connectivity index (χ4n) is 3.33. The normalized spacial score (nSPS) is 16.1. The molecule has 7 nitrogen and oxygen atoms in total. The molecule has 1 fully saturated rings. The van der Waals surface area contributed by atoms with Crippen molar-refractivity contribution in [3.63, 3.8) is 0 Å². The summed E-state index contributed by atoms with van der Waals surface area (Å²) in [6, 6.07) is 11.3. The van der Waals surface area contributed by atoms with Crippen LogP contribution in [0.2, 0.25) is 5.02 Å². The van der Waals surface area contributed by atoms with Crippen LogP contribution in [-0.4, -0.2) is 53.9 Å². The number of halogens is 2. The zero-order valence-corrected chi connectivity index (χ0v) is 17.8. The predicted octanol–water partition coefficient (Wildman–Crippen LogP) is 3.34. The quantitative estimate of drug-likeness (QED) is 0.593. The van der Waals surface area contributed by atoms with Crippen molar-refractivity contribution in [2.45, 2.75) is 18.4 Å². The maximum absolute atomic E-state index is 13.4. The SMILES string of the molecule is Cc1cccc(-c2noc(CN3CCN(S(=O)(=O)c4ccc(F)c(Cl)c4)CC3)n2)c1. The molecule has 0 aliphatic carbocycles. The number of aromatic nitrogens is 2. The van der Waals surface area contributed by atoms with Gasteiger partial charge in [-0.1, -0.05) is 40.5 Å². The second kappa shape index (κ2) is 8.43. The molecule has 1 aliphatic heterocycles. The summed E-state index contributed by atoms with van der Waals surface area (Å²) in [6.07, 6.45) is 0. The highest BCUT2D eigenvalue weighted by atomic mass is 35.5. The minimum Gasteiger partial charge on any atom is -0.338 e. The number of sulfonamides is 1. The Kier molecular flexibility index (Phi) is 5.88. The van der Waals surface area contributed by atoms with E-state index >= 15 is 0 Å². The van der Waals surface area contributed by atoms with Gasteiger partial charge in [-0.25, -0.2) is 12.8 Å². The van der Waals surface area contributed by atoms with Crippen LogP contribution in [0.3, 0.4) is 0 Å². The minimum atomic E-state index is -3.73. The zero-order valence-electron chi connectivity index (χ0n) is 16.3. The molecule has 2 aromatic carbocycles. The molecule has 30 heavy (non-hydrogen) atoms. The number of benzene rings is 2. The van der Waals surface area contributed by atoms with Gasteiger partial charge in [0.15, 0.2) is 0 Å². The van der Waals surface area contributed by atoms with E-state index in [1.54, 1.807) is 0 Å². The summed E-state index contributed by atoms with van der Waals surface area (Å²) in [4.78, 5) is 6.49. The molecule has 0 saturated carbocycles. The molecule has 2 heterocycles. The third-order valence-corrected chi connectivity index (χ3v) is 7.15. The van der Waals surface area contributed by atoms with Crippen molar-refractivity contribution in [2.75, 3.05) is 26.2 Å². The van der Waals surface area contributed by atoms with Crippen LogP contribution in [0.15, 0.2) is 51.9 Å². The van der Waals surface area contributed by atoms with Gasteiger partial charge in [0.25, 0.3) is 0 Å². The third-order valence-electron chi connectivity index (χ3n) is 4.96. The average molecular weight is 451 g/mol. The molecule has 158 valence electrons. The van der Waals surface area contributed by atoms with E-state index in [4.69, 9.17) is 16.1 Å². The molecule has 0 N–H and O–H groups in total. The van der Waals surface area contributed by atoms with Crippen LogP contribution in [-0.2, 0) is 16.6 Å². The number of hydrogen-bond acceptors (Lipinski definition) is 6. The highest BCUT2D eigenvalue weighted by molar-refractivity contribution is 7.89. The van der Waals surface area contributed by atoms with E-state index in [2.05, 4.69) is 15.0 Å². The Bertz CT molecular complexity index is 1160. The van der Waals surface area contributed by atoms with E-state index in [0.29, 0.717) is 44.4 Å². The van der Waals surface area contributed by atoms with Gasteiger partial charge in [0, 0.05) is 31.7 Å². The molecule has 1 saturated heterocycles. The topological polar surface area (TPSA) is 79.5 Å². The van der Waals surface area contributed by atoms with Crippen LogP contribution >= 0.6 is 11.6 Å². The Labute approximate surface area is 179 Å². The molecular formula is C20H20ClFN4O3S. The maximum Gasteiger partial charge on any atom is 0.243 e. The molecule has 1 aromatic heterocycles. The number of hydrogen-bond donors (Lipinski definition) is 0. The van der Waals surface area contributed by atoms with Crippen molar-refractivity contribution >= 4 is 21.6 Å². The Hall–Kier alpha value is -2.33. The van der Waals surface area contributed by atoms with Crippen LogP contribution in [0.1, 0.15) is 11.5 Å². The standard InChI is InChI=1S/C20H20ClFN4O3S/c1-14-3-2-4-15(11-14)20-23-19(29-24-20)13-25-7-9-26(10-8-25)30(27,28)16-5-6-18(22)17(21)12-16/h2-6,11-12H,7-10,13H2,1H3. The van der Waals surface area contributed by atoms with Crippen molar-refractivity contribution in [1.29, 1.82) is 0 Å². The number of piperazine rings is 1. The highest BCUT2D eigenvalue weighted by Crippen LogP contribution is 2.24. The van der Waals surface area contributed by atoms with Crippen LogP contribution in [0, 0.1) is 12.7 Å². The van der Waals surface area contributed by atoms with Crippen molar-refractivity contribution in [3.8, 4) is 11.4 Å². The van der Waals surface area contributed by atoms with Gasteiger partial charge >= 0.3 is 0 Å². The molecule has 3 aromatic rings. The first-order valence-corrected chi connectivity index (χ1v) is 11.2. The monoisotopic (exact) mass is 450 g/mol. The van der Waals surface area contributed by atoms with E-state index in [9.17, 15) is 12.8 Å². The summed E-state index contributed by atoms with van der Waals surface area (Å²) in [6.45, 7) is 4.06. The molecule has 0 spiro atoms. The van der Waals surface area contributed by atoms with Gasteiger partial charge in [0.1, 0.15) is 5.82 Å². The first-order valence-electron chi connectivity index (χ1n) is 9.40. The molecule has 1 aliphatic rings. The van der Waals surface area contributed by atoms with Crippen LogP contribution in [0.5, 0.6) is 0 Å². The second-order valence-corrected chi connectivity index (χ2v) is 9.48. The van der Waals surface area contributed by atoms with E-state index in [1.165, 1.54) is 10.4 Å². The first-order chi connectivity index (χ1) is 14.3. The largest absolute Gasteiger partial charge is 0.338 e. The summed E-state index contributed by atoms with van der Waals surface area (Å²) in [5.74, 6) is 0.362. The molecule has 0 unspecified atom stereocenters. The number of nitrogens with zero attached hydrogens (tertiary/aromatic N) is 4. The van der Waals surface area contributed by atoms with Crippen molar-refractivity contribution in [2.24, 2.45) is 0 Å². The molecule has 0 atom stereocenters. The van der Waals surface area contributed by atoms with Crippen molar-refractivity contribution in [3.05, 3.63) is 64.8 Å². The Morgan fingerprint density at radius 1 is 1.13 bits per heavy atom. The van der Waals surface area contributed by atoms with Gasteiger partial charge in [-0.2, -0.15) is 9.29 Å². The molecule has 0 bridgehead atoms. The summed E-state index contributed by atoms with van der Waals surface area (Å²) in [5.41, 5.74) is 2.00. The van der Waals surface area contributed by atoms with Gasteiger partial charge in [-0.3, -0.25) is 4.90 Å². The van der Waals surface area contributed by atoms with Gasteiger partial charge in [-0.15, -0.1) is 0 Å². The van der Waals surface area contributed by atoms with E-state index in [0.717, 1.165) is 23.3 Å². The van der Waals surface area contributed by atoms with Crippen molar-refractivity contribution in [1.82, 2.24) is 19.3 Å². The lowest BCUT2D eigenvalue weighted by atomic mass is 10.1. The first kappa shape index (κ1) is 20.9. The highest BCUT2D eigenvalue weighted by Gasteiger charge is 2.29. The fourth-order valence-corrected chi connectivity index (χ4v) is 5.02. The summed E-state index contributed by atoms with van der Waals surface area (Å²) in [7, 11) is -3.73. The molecule has 0 radical (unpaired) electrons. The minimum absolute atomic E-state index is 0.0120. The van der Waals surface area contributed by atoms with Gasteiger partial charge in [0.05, 0.1) is 16.5 Å². The van der Waals surface area contributed by atoms with E-state index in [-0.39, 0.29) is 9.92 Å². The van der Waals surface area contributed by atoms with Gasteiger partial charge < -0.3 is 4.52 Å². The number of aryl methyl sites for hydroxylation is 1. The van der Waals surface area contributed by atoms with Crippen molar-refractivity contribution < 1.29 is 17.3 Å². The smallest absolute Gasteiger partial charge is 0.243 e. The average Bonchev–Trinajstić information content (AvgIpc) is 3.19. The Morgan fingerprint density at radius 3 is 2.60 bits per heavy atom.